The molecule has 2 heterocycles. The zero-order chi connectivity index (χ0) is 19.7. The second-order valence-corrected chi connectivity index (χ2v) is 6.63. The van der Waals surface area contributed by atoms with Gasteiger partial charge in [0, 0.05) is 43.2 Å². The van der Waals surface area contributed by atoms with Gasteiger partial charge in [0.15, 0.2) is 0 Å². The third kappa shape index (κ3) is 3.03. The molecule has 0 bridgehead atoms. The largest absolute Gasteiger partial charge is 0.496 e. The van der Waals surface area contributed by atoms with Crippen LogP contribution < -0.4 is 15.6 Å². The summed E-state index contributed by atoms with van der Waals surface area (Å²) in [5.74, 6) is 0.579. The molecule has 2 aromatic heterocycles. The van der Waals surface area contributed by atoms with E-state index in [-0.39, 0.29) is 11.5 Å². The average Bonchev–Trinajstić information content (AvgIpc) is 3.14. The molecule has 0 aliphatic heterocycles. The van der Waals surface area contributed by atoms with Gasteiger partial charge in [-0.2, -0.15) is 0 Å². The number of fused-ring (bicyclic) bond motifs is 2. The third-order valence-electron chi connectivity index (χ3n) is 5.03. The van der Waals surface area contributed by atoms with Crippen molar-refractivity contribution in [3.05, 3.63) is 76.7 Å². The molecular weight excluding hydrogens is 354 g/mol. The summed E-state index contributed by atoms with van der Waals surface area (Å²) in [6, 6.07) is 16.7. The number of rotatable bonds is 5. The Balaban J connectivity index is 1.54. The Morgan fingerprint density at radius 3 is 2.64 bits per heavy atom. The molecule has 0 aliphatic rings. The molecule has 0 unspecified atom stereocenters. The van der Waals surface area contributed by atoms with Crippen LogP contribution in [0.4, 0.5) is 0 Å². The molecule has 6 nitrogen and oxygen atoms in total. The van der Waals surface area contributed by atoms with Gasteiger partial charge in [0.1, 0.15) is 5.75 Å². The van der Waals surface area contributed by atoms with Crippen molar-refractivity contribution in [1.82, 2.24) is 14.5 Å². The number of aryl methyl sites for hydroxylation is 1. The van der Waals surface area contributed by atoms with Crippen LogP contribution in [0.3, 0.4) is 0 Å². The summed E-state index contributed by atoms with van der Waals surface area (Å²) in [6.07, 6.45) is 1.98. The number of pyridine rings is 1. The highest BCUT2D eigenvalue weighted by atomic mass is 16.5. The molecule has 1 N–H and O–H groups in total. The number of para-hydroxylation sites is 1. The maximum Gasteiger partial charge on any atom is 0.252 e. The minimum absolute atomic E-state index is 0.202. The summed E-state index contributed by atoms with van der Waals surface area (Å²) in [5.41, 5.74) is 1.99. The lowest BCUT2D eigenvalue weighted by Gasteiger charge is -2.11. The van der Waals surface area contributed by atoms with E-state index in [4.69, 9.17) is 4.74 Å². The summed E-state index contributed by atoms with van der Waals surface area (Å²) in [6.45, 7) is 1.06. The van der Waals surface area contributed by atoms with Gasteiger partial charge in [0.25, 0.3) is 11.5 Å². The number of benzene rings is 2. The summed E-state index contributed by atoms with van der Waals surface area (Å²) in [5, 5.41) is 4.73. The molecule has 1 amide bonds. The van der Waals surface area contributed by atoms with Crippen LogP contribution in [0.1, 0.15) is 10.4 Å². The Bertz CT molecular complexity index is 1240. The summed E-state index contributed by atoms with van der Waals surface area (Å²) < 4.78 is 9.01. The smallest absolute Gasteiger partial charge is 0.252 e. The topological polar surface area (TPSA) is 65.3 Å². The maximum absolute atomic E-state index is 12.7. The van der Waals surface area contributed by atoms with Crippen LogP contribution in [0.25, 0.3) is 21.8 Å². The number of nitrogens with zero attached hydrogens (tertiary/aromatic N) is 2. The number of ether oxygens (including phenoxy) is 1. The zero-order valence-corrected chi connectivity index (χ0v) is 15.8. The number of aromatic nitrogens is 2. The molecule has 4 rings (SSSR count). The normalized spacial score (nSPS) is 11.1. The molecular formula is C22H21N3O3. The molecule has 0 saturated heterocycles. The Morgan fingerprint density at radius 1 is 1.04 bits per heavy atom. The van der Waals surface area contributed by atoms with Crippen LogP contribution in [-0.4, -0.2) is 28.7 Å². The number of carbonyl (C=O) groups excluding carboxylic acids is 1. The average molecular weight is 375 g/mol. The zero-order valence-electron chi connectivity index (χ0n) is 15.8. The fourth-order valence-electron chi connectivity index (χ4n) is 3.55. The Kier molecular flexibility index (Phi) is 4.61. The first-order valence-electron chi connectivity index (χ1n) is 9.09. The number of hydrogen-bond donors (Lipinski definition) is 1. The van der Waals surface area contributed by atoms with Crippen LogP contribution >= 0.6 is 0 Å². The van der Waals surface area contributed by atoms with E-state index in [2.05, 4.69) is 9.88 Å². The highest BCUT2D eigenvalue weighted by Crippen LogP contribution is 2.26. The number of nitrogens with one attached hydrogen (secondary N) is 1. The second-order valence-electron chi connectivity index (χ2n) is 6.63. The van der Waals surface area contributed by atoms with Crippen LogP contribution in [0, 0.1) is 0 Å². The predicted molar refractivity (Wildman–Crippen MR) is 110 cm³/mol. The first kappa shape index (κ1) is 17.9. The van der Waals surface area contributed by atoms with Crippen molar-refractivity contribution in [2.75, 3.05) is 13.7 Å². The van der Waals surface area contributed by atoms with Crippen molar-refractivity contribution in [2.24, 2.45) is 7.05 Å². The van der Waals surface area contributed by atoms with Crippen molar-refractivity contribution in [3.8, 4) is 5.75 Å². The van der Waals surface area contributed by atoms with Gasteiger partial charge in [0.05, 0.1) is 23.7 Å². The van der Waals surface area contributed by atoms with Gasteiger partial charge >= 0.3 is 0 Å². The molecule has 2 aromatic carbocycles. The Morgan fingerprint density at radius 2 is 1.82 bits per heavy atom. The highest BCUT2D eigenvalue weighted by molar-refractivity contribution is 6.06. The molecule has 6 heteroatoms. The molecule has 4 aromatic rings. The van der Waals surface area contributed by atoms with Crippen LogP contribution in [0.2, 0.25) is 0 Å². The molecule has 142 valence electrons. The SMILES string of the molecule is COc1cccc2c1ccn2CCNC(=O)c1cc(=O)n(C)c2ccccc12. The third-order valence-corrected chi connectivity index (χ3v) is 5.03. The van der Waals surface area contributed by atoms with Crippen molar-refractivity contribution in [2.45, 2.75) is 6.54 Å². The quantitative estimate of drug-likeness (QED) is 0.583. The first-order chi connectivity index (χ1) is 13.6. The fourth-order valence-corrected chi connectivity index (χ4v) is 3.55. The molecule has 0 spiro atoms. The van der Waals surface area contributed by atoms with E-state index in [1.807, 2.05) is 54.7 Å². The summed E-state index contributed by atoms with van der Waals surface area (Å²) in [4.78, 5) is 24.9. The molecule has 0 aliphatic carbocycles. The van der Waals surface area contributed by atoms with Crippen molar-refractivity contribution >= 4 is 27.7 Å². The van der Waals surface area contributed by atoms with E-state index in [0.717, 1.165) is 27.6 Å². The Labute approximate surface area is 162 Å². The first-order valence-corrected chi connectivity index (χ1v) is 9.09. The number of carbonyl (C=O) groups is 1. The van der Waals surface area contributed by atoms with Crippen LogP contribution in [-0.2, 0) is 13.6 Å². The van der Waals surface area contributed by atoms with E-state index >= 15 is 0 Å². The fraction of sp³-hybridized carbons (Fsp3) is 0.182. The maximum atomic E-state index is 12.7. The van der Waals surface area contributed by atoms with Gasteiger partial charge in [-0.15, -0.1) is 0 Å². The lowest BCUT2D eigenvalue weighted by molar-refractivity contribution is 0.0954. The van der Waals surface area contributed by atoms with Crippen molar-refractivity contribution < 1.29 is 9.53 Å². The van der Waals surface area contributed by atoms with Gasteiger partial charge < -0.3 is 19.2 Å². The van der Waals surface area contributed by atoms with Crippen LogP contribution in [0.5, 0.6) is 5.75 Å². The van der Waals surface area contributed by atoms with E-state index in [0.29, 0.717) is 18.7 Å². The molecule has 0 fully saturated rings. The predicted octanol–water partition coefficient (Wildman–Crippen LogP) is 2.93. The van der Waals surface area contributed by atoms with Crippen molar-refractivity contribution in [3.63, 3.8) is 0 Å². The van der Waals surface area contributed by atoms with E-state index in [1.165, 1.54) is 6.07 Å². The van der Waals surface area contributed by atoms with Gasteiger partial charge in [-0.25, -0.2) is 0 Å². The van der Waals surface area contributed by atoms with Crippen molar-refractivity contribution in [1.29, 1.82) is 0 Å². The summed E-state index contributed by atoms with van der Waals surface area (Å²) >= 11 is 0. The van der Waals surface area contributed by atoms with Gasteiger partial charge in [-0.1, -0.05) is 24.3 Å². The molecule has 28 heavy (non-hydrogen) atoms. The van der Waals surface area contributed by atoms with E-state index < -0.39 is 0 Å². The highest BCUT2D eigenvalue weighted by Gasteiger charge is 2.13. The lowest BCUT2D eigenvalue weighted by Crippen LogP contribution is -2.29. The van der Waals surface area contributed by atoms with Gasteiger partial charge in [0.2, 0.25) is 0 Å². The summed E-state index contributed by atoms with van der Waals surface area (Å²) in [7, 11) is 3.36. The standard InChI is InChI=1S/C22H21N3O3/c1-24-18-7-4-3-6-15(18)17(14-21(24)26)22(27)23-11-13-25-12-10-16-19(25)8-5-9-20(16)28-2/h3-10,12,14H,11,13H2,1-2H3,(H,23,27). The van der Waals surface area contributed by atoms with E-state index in [1.54, 1.807) is 18.7 Å². The van der Waals surface area contributed by atoms with Gasteiger partial charge in [-0.3, -0.25) is 9.59 Å². The number of methoxy groups -OCH3 is 1. The minimum atomic E-state index is -0.247. The Hall–Kier alpha value is -3.54. The number of amides is 1. The molecule has 0 saturated carbocycles. The van der Waals surface area contributed by atoms with Crippen LogP contribution in [0.15, 0.2) is 65.6 Å². The number of hydrogen-bond acceptors (Lipinski definition) is 3. The van der Waals surface area contributed by atoms with E-state index in [9.17, 15) is 9.59 Å². The second kappa shape index (κ2) is 7.23. The molecule has 0 atom stereocenters. The monoisotopic (exact) mass is 375 g/mol. The van der Waals surface area contributed by atoms with Gasteiger partial charge in [-0.05, 0) is 24.3 Å². The molecule has 0 radical (unpaired) electrons. The minimum Gasteiger partial charge on any atom is -0.496 e. The lowest BCUT2D eigenvalue weighted by atomic mass is 10.1.